The van der Waals surface area contributed by atoms with Crippen molar-refractivity contribution in [2.45, 2.75) is 12.8 Å². The number of nitrogens with one attached hydrogen (secondary N) is 1. The lowest BCUT2D eigenvalue weighted by atomic mass is 10.2. The number of benzene rings is 1. The molecule has 7 heteroatoms. The number of aliphatic hydroxyl groups excluding tert-OH is 1. The highest BCUT2D eigenvalue weighted by atomic mass is 19.4. The zero-order valence-corrected chi connectivity index (χ0v) is 11.1. The molecule has 0 aliphatic heterocycles. The number of aromatic nitrogens is 1. The maximum Gasteiger partial charge on any atom is 0.416 e. The van der Waals surface area contributed by atoms with Crippen LogP contribution in [0.25, 0.3) is 0 Å². The number of alkyl halides is 3. The van der Waals surface area contributed by atoms with Crippen LogP contribution in [0.4, 0.5) is 19.0 Å². The van der Waals surface area contributed by atoms with E-state index in [0.717, 1.165) is 12.1 Å². The Morgan fingerprint density at radius 2 is 2.00 bits per heavy atom. The second-order valence-corrected chi connectivity index (χ2v) is 4.23. The number of pyridine rings is 1. The summed E-state index contributed by atoms with van der Waals surface area (Å²) in [6.07, 6.45) is -4.49. The first-order chi connectivity index (χ1) is 9.92. The molecule has 2 N–H and O–H groups in total. The highest BCUT2D eigenvalue weighted by Crippen LogP contribution is 2.33. The van der Waals surface area contributed by atoms with Crippen LogP contribution in [0.1, 0.15) is 11.1 Å². The average Bonchev–Trinajstić information content (AvgIpc) is 2.46. The van der Waals surface area contributed by atoms with Gasteiger partial charge in [0.2, 0.25) is 5.88 Å². The molecule has 0 radical (unpaired) electrons. The van der Waals surface area contributed by atoms with Crippen LogP contribution < -0.4 is 10.1 Å². The molecule has 112 valence electrons. The van der Waals surface area contributed by atoms with Crippen molar-refractivity contribution in [2.75, 3.05) is 12.4 Å². The van der Waals surface area contributed by atoms with Crippen molar-refractivity contribution < 1.29 is 23.0 Å². The van der Waals surface area contributed by atoms with Crippen molar-refractivity contribution in [2.24, 2.45) is 0 Å². The summed E-state index contributed by atoms with van der Waals surface area (Å²) in [6.45, 7) is -0.186. The van der Waals surface area contributed by atoms with Gasteiger partial charge in [-0.25, -0.2) is 0 Å². The Balaban J connectivity index is 2.34. The van der Waals surface area contributed by atoms with Gasteiger partial charge in [-0.05, 0) is 23.8 Å². The standard InChI is InChI=1S/C14H13F3N2O2/c1-18-12-6-10(14(15,16)17)7-13(19-12)21-11-4-2-3-9(5-11)8-20/h2-7,20H,8H2,1H3,(H,18,19). The van der Waals surface area contributed by atoms with Crippen molar-refractivity contribution in [1.29, 1.82) is 0 Å². The molecule has 1 heterocycles. The van der Waals surface area contributed by atoms with Gasteiger partial charge in [0, 0.05) is 13.1 Å². The van der Waals surface area contributed by atoms with Crippen LogP contribution in [-0.2, 0) is 12.8 Å². The first-order valence-electron chi connectivity index (χ1n) is 6.07. The van der Waals surface area contributed by atoms with E-state index in [2.05, 4.69) is 10.3 Å². The Morgan fingerprint density at radius 1 is 1.24 bits per heavy atom. The molecule has 0 saturated carbocycles. The van der Waals surface area contributed by atoms with Gasteiger partial charge in [0.1, 0.15) is 11.6 Å². The molecular formula is C14H13F3N2O2. The third kappa shape index (κ3) is 3.85. The monoisotopic (exact) mass is 298 g/mol. The lowest BCUT2D eigenvalue weighted by Gasteiger charge is -2.12. The van der Waals surface area contributed by atoms with Crippen LogP contribution in [0.15, 0.2) is 36.4 Å². The lowest BCUT2D eigenvalue weighted by Crippen LogP contribution is -2.07. The van der Waals surface area contributed by atoms with Crippen LogP contribution in [0.3, 0.4) is 0 Å². The Bertz CT molecular complexity index is 630. The molecule has 0 atom stereocenters. The van der Waals surface area contributed by atoms with Crippen LogP contribution in [0.2, 0.25) is 0 Å². The van der Waals surface area contributed by atoms with E-state index in [0.29, 0.717) is 11.3 Å². The molecule has 0 bridgehead atoms. The number of rotatable bonds is 4. The Kier molecular flexibility index (Phi) is 4.32. The first-order valence-corrected chi connectivity index (χ1v) is 6.07. The minimum atomic E-state index is -4.49. The van der Waals surface area contributed by atoms with Crippen LogP contribution in [0.5, 0.6) is 11.6 Å². The number of halogens is 3. The number of ether oxygens (including phenoxy) is 1. The van der Waals surface area contributed by atoms with Crippen molar-refractivity contribution in [1.82, 2.24) is 4.98 Å². The fourth-order valence-corrected chi connectivity index (χ4v) is 1.68. The highest BCUT2D eigenvalue weighted by Gasteiger charge is 2.32. The minimum absolute atomic E-state index is 0.0538. The van der Waals surface area contributed by atoms with E-state index in [1.54, 1.807) is 18.2 Å². The molecule has 21 heavy (non-hydrogen) atoms. The highest BCUT2D eigenvalue weighted by molar-refractivity contribution is 5.43. The maximum atomic E-state index is 12.8. The normalized spacial score (nSPS) is 11.3. The predicted molar refractivity (Wildman–Crippen MR) is 71.2 cm³/mol. The molecular weight excluding hydrogens is 285 g/mol. The Hall–Kier alpha value is -2.28. The summed E-state index contributed by atoms with van der Waals surface area (Å²) in [7, 11) is 1.47. The summed E-state index contributed by atoms with van der Waals surface area (Å²) in [5.74, 6) is 0.179. The van der Waals surface area contributed by atoms with E-state index in [9.17, 15) is 13.2 Å². The Morgan fingerprint density at radius 3 is 2.62 bits per heavy atom. The number of anilines is 1. The lowest BCUT2D eigenvalue weighted by molar-refractivity contribution is -0.137. The summed E-state index contributed by atoms with van der Waals surface area (Å²) in [6, 6.07) is 8.13. The van der Waals surface area contributed by atoms with E-state index >= 15 is 0 Å². The van der Waals surface area contributed by atoms with Crippen LogP contribution in [0, 0.1) is 0 Å². The quantitative estimate of drug-likeness (QED) is 0.908. The molecule has 1 aromatic carbocycles. The van der Waals surface area contributed by atoms with E-state index in [1.165, 1.54) is 13.1 Å². The minimum Gasteiger partial charge on any atom is -0.439 e. The van der Waals surface area contributed by atoms with E-state index in [-0.39, 0.29) is 18.3 Å². The van der Waals surface area contributed by atoms with E-state index < -0.39 is 11.7 Å². The predicted octanol–water partition coefficient (Wildman–Crippen LogP) is 3.43. The van der Waals surface area contributed by atoms with Crippen molar-refractivity contribution in [3.63, 3.8) is 0 Å². The van der Waals surface area contributed by atoms with Gasteiger partial charge in [0.15, 0.2) is 0 Å². The second-order valence-electron chi connectivity index (χ2n) is 4.23. The molecule has 0 aliphatic carbocycles. The molecule has 0 spiro atoms. The SMILES string of the molecule is CNc1cc(C(F)(F)F)cc(Oc2cccc(CO)c2)n1. The fraction of sp³-hybridized carbons (Fsp3) is 0.214. The summed E-state index contributed by atoms with van der Waals surface area (Å²) in [4.78, 5) is 3.92. The molecule has 2 rings (SSSR count). The van der Waals surface area contributed by atoms with Crippen molar-refractivity contribution in [3.05, 3.63) is 47.5 Å². The first kappa shape index (κ1) is 15.1. The Labute approximate surface area is 119 Å². The number of hydrogen-bond donors (Lipinski definition) is 2. The van der Waals surface area contributed by atoms with Gasteiger partial charge in [-0.3, -0.25) is 0 Å². The molecule has 0 saturated heterocycles. The van der Waals surface area contributed by atoms with Gasteiger partial charge < -0.3 is 15.2 Å². The summed E-state index contributed by atoms with van der Waals surface area (Å²) >= 11 is 0. The molecule has 0 unspecified atom stereocenters. The molecule has 0 aliphatic rings. The zero-order valence-electron chi connectivity index (χ0n) is 11.1. The topological polar surface area (TPSA) is 54.4 Å². The van der Waals surface area contributed by atoms with Gasteiger partial charge in [0.25, 0.3) is 0 Å². The second kappa shape index (κ2) is 6.01. The number of hydrogen-bond acceptors (Lipinski definition) is 4. The largest absolute Gasteiger partial charge is 0.439 e. The van der Waals surface area contributed by atoms with Gasteiger partial charge in [-0.2, -0.15) is 18.2 Å². The van der Waals surface area contributed by atoms with Gasteiger partial charge in [0.05, 0.1) is 12.2 Å². The fourth-order valence-electron chi connectivity index (χ4n) is 1.68. The average molecular weight is 298 g/mol. The van der Waals surface area contributed by atoms with Crippen molar-refractivity contribution >= 4 is 5.82 Å². The molecule has 0 amide bonds. The number of nitrogens with zero attached hydrogens (tertiary/aromatic N) is 1. The zero-order chi connectivity index (χ0) is 15.5. The maximum absolute atomic E-state index is 12.8. The van der Waals surface area contributed by atoms with E-state index in [4.69, 9.17) is 9.84 Å². The smallest absolute Gasteiger partial charge is 0.416 e. The number of aliphatic hydroxyl groups is 1. The summed E-state index contributed by atoms with van der Waals surface area (Å²) < 4.78 is 43.7. The van der Waals surface area contributed by atoms with Crippen LogP contribution in [-0.4, -0.2) is 17.1 Å². The van der Waals surface area contributed by atoms with E-state index in [1.807, 2.05) is 0 Å². The summed E-state index contributed by atoms with van der Waals surface area (Å²) in [5.41, 5.74) is -0.261. The van der Waals surface area contributed by atoms with Gasteiger partial charge in [-0.1, -0.05) is 12.1 Å². The van der Waals surface area contributed by atoms with Gasteiger partial charge in [-0.15, -0.1) is 0 Å². The molecule has 1 aromatic heterocycles. The molecule has 0 fully saturated rings. The third-order valence-electron chi connectivity index (χ3n) is 2.69. The summed E-state index contributed by atoms with van der Waals surface area (Å²) in [5, 5.41) is 11.6. The van der Waals surface area contributed by atoms with Crippen molar-refractivity contribution in [3.8, 4) is 11.6 Å². The molecule has 4 nitrogen and oxygen atoms in total. The third-order valence-corrected chi connectivity index (χ3v) is 2.69. The van der Waals surface area contributed by atoms with Gasteiger partial charge >= 0.3 is 6.18 Å². The molecule has 2 aromatic rings. The van der Waals surface area contributed by atoms with Crippen LogP contribution >= 0.6 is 0 Å².